The number of anilines is 1. The van der Waals surface area contributed by atoms with E-state index in [1.807, 2.05) is 0 Å². The minimum absolute atomic E-state index is 0.0207. The summed E-state index contributed by atoms with van der Waals surface area (Å²) in [7, 11) is 1.55. The first-order valence-corrected chi connectivity index (χ1v) is 5.87. The van der Waals surface area contributed by atoms with Crippen molar-refractivity contribution >= 4 is 17.5 Å². The average Bonchev–Trinajstić information content (AvgIpc) is 2.74. The number of carbonyl (C=O) groups is 2. The first kappa shape index (κ1) is 15.0. The molecular weight excluding hydrogens is 250 g/mol. The molecule has 0 aliphatic rings. The summed E-state index contributed by atoms with van der Waals surface area (Å²) in [5.74, 6) is -0.567. The number of aromatic nitrogens is 2. The zero-order valence-electron chi connectivity index (χ0n) is 11.0. The van der Waals surface area contributed by atoms with Crippen molar-refractivity contribution in [3.05, 3.63) is 12.4 Å². The van der Waals surface area contributed by atoms with Crippen LogP contribution in [0.1, 0.15) is 6.92 Å². The van der Waals surface area contributed by atoms with Gasteiger partial charge in [0.15, 0.2) is 0 Å². The van der Waals surface area contributed by atoms with Gasteiger partial charge in [0.05, 0.1) is 18.5 Å². The van der Waals surface area contributed by atoms with Crippen LogP contribution in [0.25, 0.3) is 0 Å². The number of rotatable bonds is 7. The molecule has 1 rings (SSSR count). The van der Waals surface area contributed by atoms with Crippen molar-refractivity contribution in [1.29, 1.82) is 0 Å². The molecule has 0 aliphatic heterocycles. The SMILES string of the molecule is COCCNC(=O)C(C)NC(=O)Cn1cc(N)cn1. The van der Waals surface area contributed by atoms with Crippen LogP contribution in [0.15, 0.2) is 12.4 Å². The third-order valence-corrected chi connectivity index (χ3v) is 2.34. The molecule has 0 spiro atoms. The maximum atomic E-state index is 11.6. The quantitative estimate of drug-likeness (QED) is 0.535. The van der Waals surface area contributed by atoms with Crippen LogP contribution in [0.4, 0.5) is 5.69 Å². The van der Waals surface area contributed by atoms with Gasteiger partial charge in [-0.1, -0.05) is 0 Å². The van der Waals surface area contributed by atoms with Crippen molar-refractivity contribution in [2.45, 2.75) is 19.5 Å². The molecule has 4 N–H and O–H groups in total. The first-order chi connectivity index (χ1) is 9.02. The smallest absolute Gasteiger partial charge is 0.242 e. The summed E-state index contributed by atoms with van der Waals surface area (Å²) in [5.41, 5.74) is 5.97. The molecule has 0 saturated heterocycles. The van der Waals surface area contributed by atoms with Crippen molar-refractivity contribution in [3.63, 3.8) is 0 Å². The van der Waals surface area contributed by atoms with Crippen LogP contribution >= 0.6 is 0 Å². The highest BCUT2D eigenvalue weighted by Crippen LogP contribution is 1.97. The van der Waals surface area contributed by atoms with Gasteiger partial charge in [-0.2, -0.15) is 5.10 Å². The number of amides is 2. The van der Waals surface area contributed by atoms with Crippen LogP contribution in [-0.4, -0.2) is 47.9 Å². The highest BCUT2D eigenvalue weighted by atomic mass is 16.5. The molecule has 1 aromatic rings. The van der Waals surface area contributed by atoms with E-state index in [1.54, 1.807) is 20.2 Å². The number of nitrogens with zero attached hydrogens (tertiary/aromatic N) is 2. The van der Waals surface area contributed by atoms with Gasteiger partial charge in [0.25, 0.3) is 0 Å². The highest BCUT2D eigenvalue weighted by molar-refractivity contribution is 5.87. The number of nitrogen functional groups attached to an aromatic ring is 1. The second-order valence-corrected chi connectivity index (χ2v) is 4.04. The summed E-state index contributed by atoms with van der Waals surface area (Å²) in [6.07, 6.45) is 3.00. The molecular formula is C11H19N5O3. The predicted molar refractivity (Wildman–Crippen MR) is 69.1 cm³/mol. The standard InChI is InChI=1S/C11H19N5O3/c1-8(11(18)13-3-4-19-2)15-10(17)7-16-6-9(12)5-14-16/h5-6,8H,3-4,7,12H2,1-2H3,(H,13,18)(H,15,17). The molecule has 106 valence electrons. The van der Waals surface area contributed by atoms with Crippen molar-refractivity contribution in [3.8, 4) is 0 Å². The van der Waals surface area contributed by atoms with E-state index < -0.39 is 6.04 Å². The van der Waals surface area contributed by atoms with Crippen molar-refractivity contribution in [2.75, 3.05) is 26.0 Å². The number of nitrogens with one attached hydrogen (secondary N) is 2. The largest absolute Gasteiger partial charge is 0.396 e. The Morgan fingerprint density at radius 3 is 2.89 bits per heavy atom. The Kier molecular flexibility index (Phi) is 5.80. The Labute approximate surface area is 111 Å². The predicted octanol–water partition coefficient (Wildman–Crippen LogP) is -1.27. The molecule has 0 radical (unpaired) electrons. The molecule has 1 heterocycles. The van der Waals surface area contributed by atoms with Crippen LogP contribution in [0.2, 0.25) is 0 Å². The number of nitrogens with two attached hydrogens (primary N) is 1. The van der Waals surface area contributed by atoms with Gasteiger partial charge < -0.3 is 21.1 Å². The summed E-state index contributed by atoms with van der Waals surface area (Å²) < 4.78 is 6.21. The Morgan fingerprint density at radius 2 is 2.32 bits per heavy atom. The Hall–Kier alpha value is -2.09. The van der Waals surface area contributed by atoms with Gasteiger partial charge in [0.2, 0.25) is 11.8 Å². The van der Waals surface area contributed by atoms with Gasteiger partial charge in [-0.05, 0) is 6.92 Å². The fourth-order valence-electron chi connectivity index (χ4n) is 1.40. The van der Waals surface area contributed by atoms with E-state index >= 15 is 0 Å². The minimum atomic E-state index is -0.614. The van der Waals surface area contributed by atoms with Crippen LogP contribution in [-0.2, 0) is 20.9 Å². The summed E-state index contributed by atoms with van der Waals surface area (Å²) in [4.78, 5) is 23.2. The van der Waals surface area contributed by atoms with E-state index in [4.69, 9.17) is 10.5 Å². The number of hydrogen-bond acceptors (Lipinski definition) is 5. The second-order valence-electron chi connectivity index (χ2n) is 4.04. The number of carbonyl (C=O) groups excluding carboxylic acids is 2. The maximum Gasteiger partial charge on any atom is 0.242 e. The summed E-state index contributed by atoms with van der Waals surface area (Å²) in [6, 6.07) is -0.614. The van der Waals surface area contributed by atoms with Gasteiger partial charge in [-0.3, -0.25) is 14.3 Å². The fraction of sp³-hybridized carbons (Fsp3) is 0.545. The van der Waals surface area contributed by atoms with Crippen molar-refractivity contribution in [2.24, 2.45) is 0 Å². The molecule has 2 amide bonds. The lowest BCUT2D eigenvalue weighted by molar-refractivity contribution is -0.129. The number of ether oxygens (including phenoxy) is 1. The lowest BCUT2D eigenvalue weighted by Crippen LogP contribution is -2.46. The summed E-state index contributed by atoms with van der Waals surface area (Å²) in [6.45, 7) is 2.47. The molecule has 0 fully saturated rings. The minimum Gasteiger partial charge on any atom is -0.396 e. The van der Waals surface area contributed by atoms with E-state index in [1.165, 1.54) is 10.9 Å². The van der Waals surface area contributed by atoms with Crippen molar-refractivity contribution < 1.29 is 14.3 Å². The van der Waals surface area contributed by atoms with Crippen LogP contribution in [0.5, 0.6) is 0 Å². The van der Waals surface area contributed by atoms with Gasteiger partial charge in [0.1, 0.15) is 12.6 Å². The topological polar surface area (TPSA) is 111 Å². The molecule has 19 heavy (non-hydrogen) atoms. The summed E-state index contributed by atoms with van der Waals surface area (Å²) in [5, 5.41) is 9.09. The molecule has 0 bridgehead atoms. The molecule has 1 aromatic heterocycles. The van der Waals surface area contributed by atoms with Crippen molar-refractivity contribution in [1.82, 2.24) is 20.4 Å². The molecule has 0 aromatic carbocycles. The van der Waals surface area contributed by atoms with E-state index in [9.17, 15) is 9.59 Å². The lowest BCUT2D eigenvalue weighted by Gasteiger charge is -2.13. The third kappa shape index (κ3) is 5.38. The van der Waals surface area contributed by atoms with Gasteiger partial charge in [-0.25, -0.2) is 0 Å². The highest BCUT2D eigenvalue weighted by Gasteiger charge is 2.15. The molecule has 8 nitrogen and oxygen atoms in total. The fourth-order valence-corrected chi connectivity index (χ4v) is 1.40. The molecule has 1 unspecified atom stereocenters. The molecule has 0 saturated carbocycles. The van der Waals surface area contributed by atoms with Gasteiger partial charge in [0, 0.05) is 19.9 Å². The first-order valence-electron chi connectivity index (χ1n) is 5.87. The number of hydrogen-bond donors (Lipinski definition) is 3. The molecule has 1 atom stereocenters. The zero-order valence-corrected chi connectivity index (χ0v) is 11.0. The second kappa shape index (κ2) is 7.37. The third-order valence-electron chi connectivity index (χ3n) is 2.34. The molecule has 8 heteroatoms. The Bertz CT molecular complexity index is 432. The Balaban J connectivity index is 2.32. The average molecular weight is 269 g/mol. The van der Waals surface area contributed by atoms with Gasteiger partial charge >= 0.3 is 0 Å². The number of methoxy groups -OCH3 is 1. The normalized spacial score (nSPS) is 11.9. The summed E-state index contributed by atoms with van der Waals surface area (Å²) >= 11 is 0. The zero-order chi connectivity index (χ0) is 14.3. The monoisotopic (exact) mass is 269 g/mol. The van der Waals surface area contributed by atoms with E-state index in [-0.39, 0.29) is 18.4 Å². The van der Waals surface area contributed by atoms with Gasteiger partial charge in [-0.15, -0.1) is 0 Å². The molecule has 0 aliphatic carbocycles. The van der Waals surface area contributed by atoms with Crippen LogP contribution in [0, 0.1) is 0 Å². The van der Waals surface area contributed by atoms with E-state index in [0.29, 0.717) is 18.8 Å². The van der Waals surface area contributed by atoms with E-state index in [2.05, 4.69) is 15.7 Å². The Morgan fingerprint density at radius 1 is 1.58 bits per heavy atom. The van der Waals surface area contributed by atoms with E-state index in [0.717, 1.165) is 0 Å². The van der Waals surface area contributed by atoms with Crippen LogP contribution in [0.3, 0.4) is 0 Å². The lowest BCUT2D eigenvalue weighted by atomic mass is 10.3. The maximum absolute atomic E-state index is 11.6. The van der Waals surface area contributed by atoms with Crippen LogP contribution < -0.4 is 16.4 Å².